The van der Waals surface area contributed by atoms with Gasteiger partial charge >= 0.3 is 0 Å². The molecule has 2 aromatic heterocycles. The van der Waals surface area contributed by atoms with E-state index in [9.17, 15) is 8.42 Å². The quantitative estimate of drug-likeness (QED) is 0.736. The Bertz CT molecular complexity index is 1060. The van der Waals surface area contributed by atoms with Gasteiger partial charge in [-0.3, -0.25) is 4.98 Å². The number of nitrogens with zero attached hydrogens (tertiary/aromatic N) is 2. The monoisotopic (exact) mass is 381 g/mol. The number of benzene rings is 1. The summed E-state index contributed by atoms with van der Waals surface area (Å²) in [6.45, 7) is 3.56. The second kappa shape index (κ2) is 7.29. The lowest BCUT2D eigenvalue weighted by atomic mass is 10.0. The van der Waals surface area contributed by atoms with Gasteiger partial charge in [0.25, 0.3) is 10.0 Å². The Morgan fingerprint density at radius 3 is 2.78 bits per heavy atom. The minimum absolute atomic E-state index is 0.208. The normalized spacial score (nSPS) is 13.7. The van der Waals surface area contributed by atoms with Gasteiger partial charge in [0.2, 0.25) is 0 Å². The summed E-state index contributed by atoms with van der Waals surface area (Å²) in [5, 5.41) is 3.34. The van der Waals surface area contributed by atoms with Crippen molar-refractivity contribution in [2.45, 2.75) is 37.6 Å². The zero-order valence-corrected chi connectivity index (χ0v) is 16.2. The van der Waals surface area contributed by atoms with Gasteiger partial charge in [-0.15, -0.1) is 0 Å². The molecule has 1 N–H and O–H groups in total. The van der Waals surface area contributed by atoms with Crippen molar-refractivity contribution in [2.75, 3.05) is 6.54 Å². The Balaban J connectivity index is 1.98. The Morgan fingerprint density at radius 2 is 2.00 bits per heavy atom. The van der Waals surface area contributed by atoms with Crippen molar-refractivity contribution in [1.29, 1.82) is 0 Å². The summed E-state index contributed by atoms with van der Waals surface area (Å²) in [6.07, 6.45) is 7.63. The molecule has 0 amide bonds. The largest absolute Gasteiger partial charge is 0.313 e. The molecule has 6 heteroatoms. The second-order valence-electron chi connectivity index (χ2n) is 6.76. The van der Waals surface area contributed by atoms with Gasteiger partial charge in [0, 0.05) is 30.7 Å². The highest BCUT2D eigenvalue weighted by molar-refractivity contribution is 7.90. The molecule has 5 nitrogen and oxygen atoms in total. The van der Waals surface area contributed by atoms with Crippen molar-refractivity contribution in [2.24, 2.45) is 0 Å². The maximum absolute atomic E-state index is 13.4. The molecule has 0 saturated carbocycles. The van der Waals surface area contributed by atoms with Gasteiger partial charge < -0.3 is 5.32 Å². The van der Waals surface area contributed by atoms with Crippen LogP contribution in [0.2, 0.25) is 0 Å². The van der Waals surface area contributed by atoms with Gasteiger partial charge in [0.1, 0.15) is 4.90 Å². The van der Waals surface area contributed by atoms with Gasteiger partial charge in [-0.1, -0.05) is 31.2 Å². The zero-order valence-electron chi connectivity index (χ0n) is 15.4. The van der Waals surface area contributed by atoms with Crippen LogP contribution in [0, 0.1) is 0 Å². The number of rotatable bonds is 5. The number of hydrogen-bond donors (Lipinski definition) is 1. The molecule has 1 aliphatic carbocycles. The molecule has 27 heavy (non-hydrogen) atoms. The van der Waals surface area contributed by atoms with Crippen LogP contribution in [0.4, 0.5) is 0 Å². The fourth-order valence-electron chi connectivity index (χ4n) is 3.77. The number of hydrogen-bond acceptors (Lipinski definition) is 4. The van der Waals surface area contributed by atoms with E-state index in [1.165, 1.54) is 15.7 Å². The maximum atomic E-state index is 13.4. The molecule has 0 unspecified atom stereocenters. The molecule has 0 bridgehead atoms. The molecule has 2 heterocycles. The fourth-order valence-corrected chi connectivity index (χ4v) is 5.16. The SMILES string of the molecule is CCNCc1cn(S(=O)(=O)c2cccnc2)c2c1CCCc1ccccc1-2. The topological polar surface area (TPSA) is 64.0 Å². The first-order valence-electron chi connectivity index (χ1n) is 9.30. The number of nitrogens with one attached hydrogen (secondary N) is 1. The summed E-state index contributed by atoms with van der Waals surface area (Å²) < 4.78 is 28.3. The maximum Gasteiger partial charge on any atom is 0.269 e. The minimum Gasteiger partial charge on any atom is -0.313 e. The Morgan fingerprint density at radius 1 is 1.15 bits per heavy atom. The molecule has 1 aromatic carbocycles. The predicted molar refractivity (Wildman–Crippen MR) is 106 cm³/mol. The van der Waals surface area contributed by atoms with E-state index in [0.717, 1.165) is 48.2 Å². The molecule has 0 atom stereocenters. The van der Waals surface area contributed by atoms with Gasteiger partial charge in [0.05, 0.1) is 5.69 Å². The number of aromatic nitrogens is 2. The average molecular weight is 382 g/mol. The first-order chi connectivity index (χ1) is 13.1. The van der Waals surface area contributed by atoms with E-state index in [1.54, 1.807) is 24.5 Å². The van der Waals surface area contributed by atoms with Crippen LogP contribution < -0.4 is 5.32 Å². The Kier molecular flexibility index (Phi) is 4.85. The van der Waals surface area contributed by atoms with Crippen LogP contribution in [0.1, 0.15) is 30.0 Å². The molecule has 1 aliphatic rings. The van der Waals surface area contributed by atoms with Crippen molar-refractivity contribution in [3.63, 3.8) is 0 Å². The van der Waals surface area contributed by atoms with E-state index in [1.807, 2.05) is 18.2 Å². The highest BCUT2D eigenvalue weighted by Crippen LogP contribution is 2.37. The zero-order chi connectivity index (χ0) is 18.9. The molecular formula is C21H23N3O2S. The molecule has 0 radical (unpaired) electrons. The standard InChI is InChI=1S/C21H23N3O2S/c1-2-22-13-17-15-24(27(25,26)18-9-6-12-23-14-18)21-19-10-4-3-7-16(19)8-5-11-20(17)21/h3-4,6-7,9-10,12,14-15,22H,2,5,8,11,13H2,1H3. The van der Waals surface area contributed by atoms with E-state index in [-0.39, 0.29) is 4.90 Å². The van der Waals surface area contributed by atoms with Crippen LogP contribution in [-0.4, -0.2) is 23.9 Å². The highest BCUT2D eigenvalue weighted by Gasteiger charge is 2.28. The molecular weight excluding hydrogens is 358 g/mol. The second-order valence-corrected chi connectivity index (χ2v) is 8.58. The smallest absolute Gasteiger partial charge is 0.269 e. The summed E-state index contributed by atoms with van der Waals surface area (Å²) in [5.74, 6) is 0. The van der Waals surface area contributed by atoms with Crippen molar-refractivity contribution < 1.29 is 8.42 Å². The summed E-state index contributed by atoms with van der Waals surface area (Å²) in [5.41, 5.74) is 5.21. The van der Waals surface area contributed by atoms with Crippen molar-refractivity contribution in [3.05, 3.63) is 71.7 Å². The van der Waals surface area contributed by atoms with E-state index in [4.69, 9.17) is 0 Å². The van der Waals surface area contributed by atoms with Crippen LogP contribution in [0.15, 0.2) is 59.9 Å². The molecule has 0 spiro atoms. The number of fused-ring (bicyclic) bond motifs is 3. The molecule has 4 rings (SSSR count). The molecule has 140 valence electrons. The van der Waals surface area contributed by atoms with Crippen LogP contribution in [0.3, 0.4) is 0 Å². The van der Waals surface area contributed by atoms with Gasteiger partial charge in [-0.2, -0.15) is 0 Å². The Labute approximate surface area is 160 Å². The van der Waals surface area contributed by atoms with Gasteiger partial charge in [0.15, 0.2) is 0 Å². The fraction of sp³-hybridized carbons (Fsp3) is 0.286. The summed E-state index contributed by atoms with van der Waals surface area (Å²) in [7, 11) is -3.72. The van der Waals surface area contributed by atoms with Crippen LogP contribution in [-0.2, 0) is 29.4 Å². The predicted octanol–water partition coefficient (Wildman–Crippen LogP) is 3.39. The van der Waals surface area contributed by atoms with E-state index >= 15 is 0 Å². The van der Waals surface area contributed by atoms with E-state index in [0.29, 0.717) is 6.54 Å². The number of pyridine rings is 1. The lowest BCUT2D eigenvalue weighted by Crippen LogP contribution is -2.14. The summed E-state index contributed by atoms with van der Waals surface area (Å²) in [4.78, 5) is 4.21. The molecule has 0 fully saturated rings. The van der Waals surface area contributed by atoms with Crippen molar-refractivity contribution >= 4 is 10.0 Å². The first kappa shape index (κ1) is 17.9. The highest BCUT2D eigenvalue weighted by atomic mass is 32.2. The molecule has 0 saturated heterocycles. The van der Waals surface area contributed by atoms with E-state index in [2.05, 4.69) is 23.3 Å². The van der Waals surface area contributed by atoms with Crippen molar-refractivity contribution in [1.82, 2.24) is 14.3 Å². The average Bonchev–Trinajstić information content (AvgIpc) is 2.95. The Hall–Kier alpha value is -2.44. The minimum atomic E-state index is -3.72. The van der Waals surface area contributed by atoms with E-state index < -0.39 is 10.0 Å². The summed E-state index contributed by atoms with van der Waals surface area (Å²) in [6, 6.07) is 11.4. The third-order valence-electron chi connectivity index (χ3n) is 5.07. The van der Waals surface area contributed by atoms with Crippen LogP contribution in [0.5, 0.6) is 0 Å². The number of aryl methyl sites for hydroxylation is 1. The lowest BCUT2D eigenvalue weighted by Gasteiger charge is -2.13. The molecule has 3 aromatic rings. The van der Waals surface area contributed by atoms with Gasteiger partial charge in [-0.25, -0.2) is 12.4 Å². The van der Waals surface area contributed by atoms with Crippen molar-refractivity contribution in [3.8, 4) is 11.3 Å². The summed E-state index contributed by atoms with van der Waals surface area (Å²) >= 11 is 0. The third-order valence-corrected chi connectivity index (χ3v) is 6.71. The van der Waals surface area contributed by atoms with Crippen LogP contribution in [0.25, 0.3) is 11.3 Å². The van der Waals surface area contributed by atoms with Crippen LogP contribution >= 0.6 is 0 Å². The third kappa shape index (κ3) is 3.19. The first-order valence-corrected chi connectivity index (χ1v) is 10.7. The molecule has 0 aliphatic heterocycles. The van der Waals surface area contributed by atoms with Gasteiger partial charge in [-0.05, 0) is 54.6 Å². The lowest BCUT2D eigenvalue weighted by molar-refractivity contribution is 0.587.